The Hall–Kier alpha value is -2.03. The number of aliphatic hydroxyl groups is 1. The number of rotatable bonds is 16. The van der Waals surface area contributed by atoms with Gasteiger partial charge in [-0.25, -0.2) is 4.79 Å². The first-order valence-corrected chi connectivity index (χ1v) is 23.9. The van der Waals surface area contributed by atoms with Crippen molar-refractivity contribution in [1.82, 2.24) is 30.8 Å². The lowest BCUT2D eigenvalue weighted by molar-refractivity contribution is -0.193. The Labute approximate surface area is 362 Å². The number of hydroxylamine groups is 2. The van der Waals surface area contributed by atoms with Gasteiger partial charge < -0.3 is 40.3 Å². The second kappa shape index (κ2) is 20.6. The maximum Gasteiger partial charge on any atom is 0.407 e. The number of hydrogen-bond donors (Lipinski definition) is 4. The zero-order valence-electron chi connectivity index (χ0n) is 39.0. The number of alkyl carbamates (subject to hydrolysis) is 1. The fourth-order valence-corrected chi connectivity index (χ4v) is 13.5. The molecule has 60 heavy (non-hydrogen) atoms. The van der Waals surface area contributed by atoms with Crippen LogP contribution in [0, 0.1) is 58.7 Å². The molecule has 13 heteroatoms. The highest BCUT2D eigenvalue weighted by Crippen LogP contribution is 2.61. The third-order valence-corrected chi connectivity index (χ3v) is 16.9. The summed E-state index contributed by atoms with van der Waals surface area (Å²) in [6.07, 6.45) is 13.3. The van der Waals surface area contributed by atoms with Crippen LogP contribution in [0.5, 0.6) is 0 Å². The molecule has 7 fully saturated rings. The summed E-state index contributed by atoms with van der Waals surface area (Å²) in [4.78, 5) is 52.6. The predicted molar refractivity (Wildman–Crippen MR) is 234 cm³/mol. The maximum atomic E-state index is 14.7. The maximum absolute atomic E-state index is 14.7. The van der Waals surface area contributed by atoms with E-state index in [0.717, 1.165) is 57.9 Å². The molecule has 0 aromatic carbocycles. The van der Waals surface area contributed by atoms with Gasteiger partial charge in [-0.3, -0.25) is 14.4 Å². The van der Waals surface area contributed by atoms with E-state index in [1.54, 1.807) is 12.0 Å². The van der Waals surface area contributed by atoms with Crippen molar-refractivity contribution in [1.29, 1.82) is 0 Å². The van der Waals surface area contributed by atoms with Crippen LogP contribution in [0.15, 0.2) is 0 Å². The molecule has 6 aliphatic carbocycles. The molecule has 13 nitrogen and oxygen atoms in total. The summed E-state index contributed by atoms with van der Waals surface area (Å²) < 4.78 is 12.3. The van der Waals surface area contributed by atoms with Gasteiger partial charge in [-0.1, -0.05) is 59.3 Å². The van der Waals surface area contributed by atoms with Gasteiger partial charge in [0, 0.05) is 57.2 Å². The van der Waals surface area contributed by atoms with Gasteiger partial charge in [0.15, 0.2) is 0 Å². The fourth-order valence-electron chi connectivity index (χ4n) is 13.5. The highest BCUT2D eigenvalue weighted by atomic mass is 16.7. The summed E-state index contributed by atoms with van der Waals surface area (Å²) in [7, 11) is 11.8. The molecule has 7 rings (SSSR count). The average Bonchev–Trinajstić information content (AvgIpc) is 3.59. The first kappa shape index (κ1) is 47.4. The molecule has 1 saturated heterocycles. The number of likely N-dealkylation sites (N-methyl/N-ethyl adjacent to an activating group) is 1. The highest BCUT2D eigenvalue weighted by Gasteiger charge is 2.58. The third-order valence-electron chi connectivity index (χ3n) is 16.9. The molecule has 7 aliphatic rings. The molecular weight excluding hydrogens is 761 g/mol. The Morgan fingerprint density at radius 3 is 2.30 bits per heavy atom. The first-order valence-electron chi connectivity index (χ1n) is 23.9. The number of carbonyl (C=O) groups excluding carboxylic acids is 3. The fraction of sp³-hybridized carbons (Fsp3) is 0.936. The minimum atomic E-state index is -0.761. The second-order valence-electron chi connectivity index (χ2n) is 21.4. The zero-order chi connectivity index (χ0) is 43.5. The van der Waals surface area contributed by atoms with Crippen molar-refractivity contribution in [3.63, 3.8) is 0 Å². The zero-order valence-corrected chi connectivity index (χ0v) is 39.0. The normalized spacial score (nSPS) is 38.2. The lowest BCUT2D eigenvalue weighted by Gasteiger charge is -2.62. The number of fused-ring (bicyclic) bond motifs is 2. The molecule has 0 aromatic heterocycles. The molecule has 4 N–H and O–H groups in total. The molecule has 0 spiro atoms. The van der Waals surface area contributed by atoms with E-state index >= 15 is 0 Å². The van der Waals surface area contributed by atoms with Crippen LogP contribution in [-0.2, 0) is 23.9 Å². The number of methoxy groups -OCH3 is 1. The summed E-state index contributed by atoms with van der Waals surface area (Å²) in [6.45, 7) is 9.79. The SMILES string of the molecule is CNC(=O)O[C@@H](C)[C@H]1[C@H](CO)ON(CC2CCCC(C3CC(C(=O)N[C@@H](CC4CCCCC4)CN(C)C)CC(N(C)C)C3)C2OC)[C@@H]1C(=O)N[C@H]1C[C@H]2C[C@@H]([C@@H]1C)C2(C)C. The van der Waals surface area contributed by atoms with E-state index in [9.17, 15) is 19.5 Å². The van der Waals surface area contributed by atoms with E-state index < -0.39 is 30.3 Å². The van der Waals surface area contributed by atoms with E-state index in [2.05, 4.69) is 74.7 Å². The number of carbonyl (C=O) groups is 3. The highest BCUT2D eigenvalue weighted by molar-refractivity contribution is 5.83. The quantitative estimate of drug-likeness (QED) is 0.162. The number of aliphatic hydroxyl groups excluding tert-OH is 1. The molecule has 0 radical (unpaired) electrons. The van der Waals surface area contributed by atoms with Gasteiger partial charge in [0.2, 0.25) is 11.8 Å². The van der Waals surface area contributed by atoms with Crippen molar-refractivity contribution < 1.29 is 33.8 Å². The Morgan fingerprint density at radius 2 is 1.68 bits per heavy atom. The van der Waals surface area contributed by atoms with Crippen molar-refractivity contribution in [2.75, 3.05) is 62.0 Å². The van der Waals surface area contributed by atoms with Crippen LogP contribution in [0.3, 0.4) is 0 Å². The van der Waals surface area contributed by atoms with E-state index in [1.165, 1.54) is 45.6 Å². The minimum Gasteiger partial charge on any atom is -0.446 e. The van der Waals surface area contributed by atoms with Crippen LogP contribution < -0.4 is 16.0 Å². The van der Waals surface area contributed by atoms with Crippen molar-refractivity contribution in [2.45, 2.75) is 160 Å². The predicted octanol–water partition coefficient (Wildman–Crippen LogP) is 5.31. The molecule has 6 saturated carbocycles. The molecule has 1 heterocycles. The first-order chi connectivity index (χ1) is 28.6. The van der Waals surface area contributed by atoms with Gasteiger partial charge in [-0.2, -0.15) is 5.06 Å². The van der Waals surface area contributed by atoms with Crippen LogP contribution in [0.2, 0.25) is 0 Å². The third kappa shape index (κ3) is 10.7. The van der Waals surface area contributed by atoms with Crippen molar-refractivity contribution in [3.05, 3.63) is 0 Å². The van der Waals surface area contributed by atoms with Crippen LogP contribution in [-0.4, -0.2) is 142 Å². The summed E-state index contributed by atoms with van der Waals surface area (Å²) in [6, 6.07) is -0.259. The summed E-state index contributed by atoms with van der Waals surface area (Å²) >= 11 is 0. The summed E-state index contributed by atoms with van der Waals surface area (Å²) in [5.41, 5.74) is 0.286. The van der Waals surface area contributed by atoms with Gasteiger partial charge in [0.25, 0.3) is 0 Å². The van der Waals surface area contributed by atoms with E-state index in [4.69, 9.17) is 14.3 Å². The van der Waals surface area contributed by atoms with Gasteiger partial charge in [-0.15, -0.1) is 0 Å². The largest absolute Gasteiger partial charge is 0.446 e. The summed E-state index contributed by atoms with van der Waals surface area (Å²) in [5.74, 6) is 2.23. The van der Waals surface area contributed by atoms with Crippen LogP contribution in [0.25, 0.3) is 0 Å². The Morgan fingerprint density at radius 1 is 0.950 bits per heavy atom. The van der Waals surface area contributed by atoms with Crippen molar-refractivity contribution >= 4 is 17.9 Å². The smallest absolute Gasteiger partial charge is 0.407 e. The average molecular weight is 845 g/mol. The molecule has 2 bridgehead atoms. The van der Waals surface area contributed by atoms with Crippen molar-refractivity contribution in [2.24, 2.45) is 58.7 Å². The van der Waals surface area contributed by atoms with Gasteiger partial charge in [0.05, 0.1) is 18.6 Å². The Kier molecular flexibility index (Phi) is 16.3. The number of nitrogens with zero attached hydrogens (tertiary/aromatic N) is 3. The van der Waals surface area contributed by atoms with Gasteiger partial charge in [-0.05, 0) is 127 Å². The minimum absolute atomic E-state index is 0.0532. The molecule has 15 atom stereocenters. The lowest BCUT2D eigenvalue weighted by atomic mass is 9.45. The lowest BCUT2D eigenvalue weighted by Crippen LogP contribution is -2.62. The number of amides is 3. The van der Waals surface area contributed by atoms with Crippen LogP contribution in [0.1, 0.15) is 118 Å². The van der Waals surface area contributed by atoms with Gasteiger partial charge in [0.1, 0.15) is 18.2 Å². The molecule has 344 valence electrons. The number of nitrogens with one attached hydrogen (secondary N) is 3. The number of ether oxygens (including phenoxy) is 2. The molecule has 0 aromatic rings. The Bertz CT molecular complexity index is 1430. The Balaban J connectivity index is 1.19. The van der Waals surface area contributed by atoms with Crippen LogP contribution in [0.4, 0.5) is 4.79 Å². The van der Waals surface area contributed by atoms with Gasteiger partial charge >= 0.3 is 6.09 Å². The molecule has 6 unspecified atom stereocenters. The molecule has 3 amide bonds. The standard InChI is InChI=1S/C47H84N6O7/c1-28-38-23-34(47(38,3)4)24-39(28)50-45(56)42-41(29(2)59-46(57)48-5)40(27-54)60-53(42)25-31-17-14-18-37(43(31)58-10)32-20-33(22-36(21-32)52(8)9)44(55)49-35(26-51(6)7)19-30-15-12-11-13-16-30/h28-43,54H,11-27H2,1-10H3,(H,48,57)(H,49,55)(H,50,56)/t28-,29-,31?,32?,33?,34+,35-,36?,37?,38-,39-,40-,41-,42-,43?/m0/s1. The second-order valence-corrected chi connectivity index (χ2v) is 21.4. The summed E-state index contributed by atoms with van der Waals surface area (Å²) in [5, 5.41) is 22.1. The van der Waals surface area contributed by atoms with E-state index in [-0.39, 0.29) is 59.8 Å². The van der Waals surface area contributed by atoms with E-state index in [0.29, 0.717) is 42.2 Å². The van der Waals surface area contributed by atoms with E-state index in [1.807, 2.05) is 7.11 Å². The van der Waals surface area contributed by atoms with Crippen LogP contribution >= 0.6 is 0 Å². The number of hydrogen-bond acceptors (Lipinski definition) is 10. The topological polar surface area (TPSA) is 145 Å². The molecule has 1 aliphatic heterocycles. The van der Waals surface area contributed by atoms with Crippen molar-refractivity contribution in [3.8, 4) is 0 Å². The molecular formula is C47H84N6O7. The monoisotopic (exact) mass is 845 g/mol.